The molecule has 4 rings (SSSR count). The van der Waals surface area contributed by atoms with Gasteiger partial charge in [-0.05, 0) is 55.9 Å². The van der Waals surface area contributed by atoms with Crippen LogP contribution in [0.25, 0.3) is 0 Å². The molecule has 11 heteroatoms. The van der Waals surface area contributed by atoms with Crippen LogP contribution in [0.4, 0.5) is 10.1 Å². The van der Waals surface area contributed by atoms with Crippen molar-refractivity contribution in [1.82, 2.24) is 4.90 Å². The Morgan fingerprint density at radius 3 is 2.53 bits per heavy atom. The van der Waals surface area contributed by atoms with E-state index in [1.54, 1.807) is 26.0 Å². The molecule has 2 heterocycles. The molecule has 2 amide bonds. The maximum Gasteiger partial charge on any atom is 0.337 e. The van der Waals surface area contributed by atoms with E-state index < -0.39 is 29.6 Å². The van der Waals surface area contributed by atoms with Gasteiger partial charge in [0.25, 0.3) is 11.8 Å². The topological polar surface area (TPSA) is 107 Å². The van der Waals surface area contributed by atoms with Crippen LogP contribution in [-0.4, -0.2) is 54.7 Å². The average Bonchev–Trinajstić information content (AvgIpc) is 2.89. The molecule has 0 radical (unpaired) electrons. The zero-order valence-electron chi connectivity index (χ0n) is 21.2. The summed E-state index contributed by atoms with van der Waals surface area (Å²) in [6, 6.07) is 9.87. The van der Waals surface area contributed by atoms with E-state index in [1.165, 1.54) is 49.5 Å². The number of methoxy groups -OCH3 is 2. The van der Waals surface area contributed by atoms with Gasteiger partial charge < -0.3 is 19.5 Å². The monoisotopic (exact) mass is 539 g/mol. The normalized spacial score (nSPS) is 16.8. The van der Waals surface area contributed by atoms with Gasteiger partial charge >= 0.3 is 5.97 Å². The van der Waals surface area contributed by atoms with E-state index in [-0.39, 0.29) is 28.7 Å². The van der Waals surface area contributed by atoms with Gasteiger partial charge in [0.05, 0.1) is 43.0 Å². The number of halogens is 1. The maximum atomic E-state index is 13.4. The van der Waals surface area contributed by atoms with Gasteiger partial charge in [-0.1, -0.05) is 12.1 Å². The summed E-state index contributed by atoms with van der Waals surface area (Å²) in [6.45, 7) is 3.51. The number of nitrogens with zero attached hydrogens (tertiary/aromatic N) is 2. The molecule has 0 unspecified atom stereocenters. The van der Waals surface area contributed by atoms with Crippen molar-refractivity contribution in [3.05, 3.63) is 76.1 Å². The molecule has 198 valence electrons. The largest absolute Gasteiger partial charge is 0.493 e. The average molecular weight is 540 g/mol. The van der Waals surface area contributed by atoms with Crippen LogP contribution in [0, 0.1) is 5.82 Å². The summed E-state index contributed by atoms with van der Waals surface area (Å²) >= 11 is 1.00. The van der Waals surface area contributed by atoms with E-state index in [9.17, 15) is 18.8 Å². The number of hydrogen-bond donors (Lipinski definition) is 1. The number of amides is 2. The highest BCUT2D eigenvalue weighted by molar-refractivity contribution is 8.18. The number of benzene rings is 2. The molecule has 38 heavy (non-hydrogen) atoms. The smallest absolute Gasteiger partial charge is 0.337 e. The molecule has 0 aromatic heterocycles. The van der Waals surface area contributed by atoms with Crippen molar-refractivity contribution in [3.8, 4) is 11.5 Å². The van der Waals surface area contributed by atoms with Crippen LogP contribution >= 0.6 is 11.8 Å². The van der Waals surface area contributed by atoms with Gasteiger partial charge in [0.15, 0.2) is 16.7 Å². The second-order valence-electron chi connectivity index (χ2n) is 8.27. The number of thioether (sulfide) groups is 1. The Morgan fingerprint density at radius 2 is 1.87 bits per heavy atom. The number of para-hydroxylation sites is 1. The van der Waals surface area contributed by atoms with Crippen LogP contribution < -0.4 is 14.8 Å². The number of ether oxygens (including phenoxy) is 3. The molecule has 2 aromatic rings. The van der Waals surface area contributed by atoms with Crippen LogP contribution in [0.2, 0.25) is 0 Å². The number of hydrogen-bond acceptors (Lipinski definition) is 8. The standard InChI is InChI=1S/C27H26FN3O6S/c1-5-37-26(34)23-15(2)29-27-31(19(23)13-16-7-6-8-20(35-3)24(16)36-4)22(32)14-21(38-27)25(33)30-18-11-9-17(28)10-12-18/h6-12,14,19H,5,13H2,1-4H3,(H,30,33)/t19-/m0/s1. The number of carbonyl (C=O) groups excluding carboxylic acids is 3. The molecule has 0 bridgehead atoms. The molecule has 2 aliphatic heterocycles. The predicted molar refractivity (Wildman–Crippen MR) is 141 cm³/mol. The highest BCUT2D eigenvalue weighted by atomic mass is 32.2. The predicted octanol–water partition coefficient (Wildman–Crippen LogP) is 4.06. The number of nitrogens with one attached hydrogen (secondary N) is 1. The van der Waals surface area contributed by atoms with E-state index in [0.29, 0.717) is 28.4 Å². The minimum absolute atomic E-state index is 0.111. The minimum atomic E-state index is -0.777. The van der Waals surface area contributed by atoms with Crippen molar-refractivity contribution < 1.29 is 33.0 Å². The van der Waals surface area contributed by atoms with Gasteiger partial charge in [0.1, 0.15) is 5.82 Å². The van der Waals surface area contributed by atoms with Gasteiger partial charge in [-0.15, -0.1) is 0 Å². The molecular weight excluding hydrogens is 513 g/mol. The zero-order chi connectivity index (χ0) is 27.4. The van der Waals surface area contributed by atoms with Crippen molar-refractivity contribution in [3.63, 3.8) is 0 Å². The van der Waals surface area contributed by atoms with Gasteiger partial charge in [-0.25, -0.2) is 14.2 Å². The molecule has 1 atom stereocenters. The van der Waals surface area contributed by atoms with Crippen LogP contribution in [0.5, 0.6) is 11.5 Å². The van der Waals surface area contributed by atoms with Crippen molar-refractivity contribution in [2.45, 2.75) is 26.3 Å². The Balaban J connectivity index is 1.71. The van der Waals surface area contributed by atoms with Gasteiger partial charge in [0.2, 0.25) is 0 Å². The van der Waals surface area contributed by atoms with Crippen LogP contribution in [0.1, 0.15) is 19.4 Å². The number of aliphatic imine (C=N–C) groups is 1. The fourth-order valence-corrected chi connectivity index (χ4v) is 5.24. The number of fused-ring (bicyclic) bond motifs is 1. The lowest BCUT2D eigenvalue weighted by atomic mass is 9.94. The van der Waals surface area contributed by atoms with Crippen molar-refractivity contribution in [2.24, 2.45) is 4.99 Å². The van der Waals surface area contributed by atoms with E-state index in [1.807, 2.05) is 6.07 Å². The lowest BCUT2D eigenvalue weighted by Gasteiger charge is -2.38. The maximum absolute atomic E-state index is 13.4. The molecule has 2 aromatic carbocycles. The highest BCUT2D eigenvalue weighted by Crippen LogP contribution is 2.39. The summed E-state index contributed by atoms with van der Waals surface area (Å²) < 4.78 is 29.5. The number of anilines is 1. The molecular formula is C27H26FN3O6S. The second kappa shape index (κ2) is 11.5. The number of carbonyl (C=O) groups is 3. The van der Waals surface area contributed by atoms with E-state index in [2.05, 4.69) is 10.3 Å². The van der Waals surface area contributed by atoms with E-state index in [4.69, 9.17) is 14.2 Å². The minimum Gasteiger partial charge on any atom is -0.493 e. The summed E-state index contributed by atoms with van der Waals surface area (Å²) in [5.74, 6) is -1.09. The first-order valence-electron chi connectivity index (χ1n) is 11.7. The Morgan fingerprint density at radius 1 is 1.13 bits per heavy atom. The first-order valence-corrected chi connectivity index (χ1v) is 12.5. The molecule has 0 saturated heterocycles. The first-order chi connectivity index (χ1) is 18.3. The molecule has 1 N–H and O–H groups in total. The van der Waals surface area contributed by atoms with Gasteiger partial charge in [-0.2, -0.15) is 0 Å². The lowest BCUT2D eigenvalue weighted by Crippen LogP contribution is -2.50. The van der Waals surface area contributed by atoms with Crippen LogP contribution in [0.15, 0.2) is 69.7 Å². The van der Waals surface area contributed by atoms with Crippen LogP contribution in [0.3, 0.4) is 0 Å². The highest BCUT2D eigenvalue weighted by Gasteiger charge is 2.42. The molecule has 2 aliphatic rings. The Hall–Kier alpha value is -4.12. The fraction of sp³-hybridized carbons (Fsp3) is 0.259. The molecule has 9 nitrogen and oxygen atoms in total. The van der Waals surface area contributed by atoms with E-state index in [0.717, 1.165) is 11.8 Å². The third kappa shape index (κ3) is 5.42. The molecule has 0 aliphatic carbocycles. The van der Waals surface area contributed by atoms with E-state index >= 15 is 0 Å². The third-order valence-electron chi connectivity index (χ3n) is 5.92. The Labute approximate surface area is 223 Å². The summed E-state index contributed by atoms with van der Waals surface area (Å²) in [7, 11) is 3.04. The first kappa shape index (κ1) is 26.9. The number of allylic oxidation sites excluding steroid dienone is 1. The van der Waals surface area contributed by atoms with Crippen LogP contribution in [-0.2, 0) is 25.5 Å². The summed E-state index contributed by atoms with van der Waals surface area (Å²) in [6.07, 6.45) is 1.39. The van der Waals surface area contributed by atoms with Crippen molar-refractivity contribution in [2.75, 3.05) is 26.1 Å². The summed E-state index contributed by atoms with van der Waals surface area (Å²) in [5, 5.41) is 2.90. The number of amidine groups is 1. The Kier molecular flexibility index (Phi) is 8.16. The molecule has 0 spiro atoms. The SMILES string of the molecule is CCOC(=O)C1=C(C)N=C2SC(C(=O)Nc3ccc(F)cc3)=CC(=O)N2[C@H]1Cc1cccc(OC)c1OC. The summed E-state index contributed by atoms with van der Waals surface area (Å²) in [4.78, 5) is 45.4. The fourth-order valence-electron chi connectivity index (χ4n) is 4.24. The van der Waals surface area contributed by atoms with Gasteiger partial charge in [0, 0.05) is 23.7 Å². The summed E-state index contributed by atoms with van der Waals surface area (Å²) in [5.41, 5.74) is 1.69. The molecule has 0 fully saturated rings. The Bertz CT molecular complexity index is 1370. The van der Waals surface area contributed by atoms with Crippen molar-refractivity contribution >= 4 is 40.4 Å². The zero-order valence-corrected chi connectivity index (χ0v) is 22.1. The third-order valence-corrected chi connectivity index (χ3v) is 6.91. The second-order valence-corrected chi connectivity index (χ2v) is 9.28. The van der Waals surface area contributed by atoms with Crippen molar-refractivity contribution in [1.29, 1.82) is 0 Å². The van der Waals surface area contributed by atoms with Gasteiger partial charge in [-0.3, -0.25) is 14.5 Å². The number of rotatable bonds is 8. The quantitative estimate of drug-likeness (QED) is 0.505. The number of esters is 1. The lowest BCUT2D eigenvalue weighted by molar-refractivity contribution is -0.139. The molecule has 0 saturated carbocycles.